The number of aromatic nitrogens is 1. The summed E-state index contributed by atoms with van der Waals surface area (Å²) in [4.78, 5) is 4.60. The summed E-state index contributed by atoms with van der Waals surface area (Å²) >= 11 is 0. The van der Waals surface area contributed by atoms with E-state index in [-0.39, 0.29) is 5.41 Å². The molecule has 0 saturated carbocycles. The molecule has 2 heteroatoms. The summed E-state index contributed by atoms with van der Waals surface area (Å²) in [5.74, 6) is 1.21. The van der Waals surface area contributed by atoms with Crippen LogP contribution in [0, 0.1) is 10.8 Å². The maximum atomic E-state index is 5.89. The zero-order valence-electron chi connectivity index (χ0n) is 16.3. The molecule has 0 aliphatic rings. The molecule has 0 spiro atoms. The number of rotatable bonds is 3. The number of benzene rings is 2. The van der Waals surface area contributed by atoms with Gasteiger partial charge in [-0.2, -0.15) is 0 Å². The predicted octanol–water partition coefficient (Wildman–Crippen LogP) is 7.06. The normalized spacial score (nSPS) is 14.0. The van der Waals surface area contributed by atoms with Crippen LogP contribution in [0.1, 0.15) is 59.4 Å². The second-order valence-corrected chi connectivity index (χ2v) is 9.29. The van der Waals surface area contributed by atoms with Gasteiger partial charge in [0, 0.05) is 5.56 Å². The van der Waals surface area contributed by atoms with E-state index in [2.05, 4.69) is 70.8 Å². The van der Waals surface area contributed by atoms with Gasteiger partial charge in [-0.25, -0.2) is 4.98 Å². The molecule has 2 nitrogen and oxygen atoms in total. The summed E-state index contributed by atoms with van der Waals surface area (Å²) in [7, 11) is 0. The molecule has 0 amide bonds. The molecular weight excluding hydrogens is 306 g/mol. The van der Waals surface area contributed by atoms with E-state index in [1.807, 2.05) is 24.3 Å². The molecule has 0 N–H and O–H groups in total. The Morgan fingerprint density at radius 2 is 1.52 bits per heavy atom. The average Bonchev–Trinajstić information content (AvgIpc) is 2.95. The molecule has 1 atom stereocenters. The Kier molecular flexibility index (Phi) is 4.49. The molecule has 3 rings (SSSR count). The van der Waals surface area contributed by atoms with E-state index in [1.165, 1.54) is 12.0 Å². The van der Waals surface area contributed by atoms with E-state index in [0.29, 0.717) is 17.2 Å². The summed E-state index contributed by atoms with van der Waals surface area (Å²) in [5.41, 5.74) is 4.69. The molecule has 132 valence electrons. The summed E-state index contributed by atoms with van der Waals surface area (Å²) in [6, 6.07) is 16.7. The third-order valence-electron chi connectivity index (χ3n) is 4.72. The third-order valence-corrected chi connectivity index (χ3v) is 4.72. The fraction of sp³-hybridized carbons (Fsp3) is 0.435. The Morgan fingerprint density at radius 3 is 2.08 bits per heavy atom. The van der Waals surface area contributed by atoms with Gasteiger partial charge in [0.1, 0.15) is 5.52 Å². The lowest BCUT2D eigenvalue weighted by molar-refractivity contribution is 0.229. The van der Waals surface area contributed by atoms with Gasteiger partial charge in [0.15, 0.2) is 5.58 Å². The van der Waals surface area contributed by atoms with Crippen molar-refractivity contribution in [2.24, 2.45) is 10.8 Å². The van der Waals surface area contributed by atoms with Crippen LogP contribution in [-0.2, 0) is 0 Å². The first-order chi connectivity index (χ1) is 11.6. The number of oxazole rings is 1. The molecule has 0 fully saturated rings. The zero-order valence-corrected chi connectivity index (χ0v) is 16.3. The quantitative estimate of drug-likeness (QED) is 0.512. The van der Waals surface area contributed by atoms with Crippen LogP contribution in [0.4, 0.5) is 0 Å². The zero-order chi connectivity index (χ0) is 18.2. The van der Waals surface area contributed by atoms with Crippen molar-refractivity contribution in [1.82, 2.24) is 4.98 Å². The molecule has 3 aromatic rings. The monoisotopic (exact) mass is 335 g/mol. The minimum atomic E-state index is 0.229. The number of hydrogen-bond donors (Lipinski definition) is 0. The maximum absolute atomic E-state index is 5.89. The van der Waals surface area contributed by atoms with E-state index in [0.717, 1.165) is 16.7 Å². The molecule has 0 radical (unpaired) electrons. The van der Waals surface area contributed by atoms with Gasteiger partial charge in [-0.15, -0.1) is 0 Å². The lowest BCUT2D eigenvalue weighted by atomic mass is 9.69. The highest BCUT2D eigenvalue weighted by Crippen LogP contribution is 2.43. The third kappa shape index (κ3) is 4.12. The van der Waals surface area contributed by atoms with E-state index >= 15 is 0 Å². The first-order valence-electron chi connectivity index (χ1n) is 9.09. The molecule has 2 aromatic carbocycles. The minimum absolute atomic E-state index is 0.229. The number of nitrogens with zero attached hydrogens (tertiary/aromatic N) is 1. The van der Waals surface area contributed by atoms with E-state index < -0.39 is 0 Å². The van der Waals surface area contributed by atoms with Crippen molar-refractivity contribution < 1.29 is 4.42 Å². The highest BCUT2D eigenvalue weighted by atomic mass is 16.3. The maximum Gasteiger partial charge on any atom is 0.227 e. The molecular formula is C23H29NO. The topological polar surface area (TPSA) is 26.0 Å². The number of para-hydroxylation sites is 2. The van der Waals surface area contributed by atoms with Crippen LogP contribution < -0.4 is 0 Å². The number of hydrogen-bond acceptors (Lipinski definition) is 2. The van der Waals surface area contributed by atoms with Gasteiger partial charge >= 0.3 is 0 Å². The Morgan fingerprint density at radius 1 is 0.880 bits per heavy atom. The molecule has 0 aliphatic carbocycles. The van der Waals surface area contributed by atoms with E-state index in [1.54, 1.807) is 0 Å². The molecule has 1 aromatic heterocycles. The molecule has 25 heavy (non-hydrogen) atoms. The SMILES string of the molecule is CC(C)(C)CC(c1ccc(-c2nc3ccccc3o2)cc1)C(C)(C)C. The summed E-state index contributed by atoms with van der Waals surface area (Å²) < 4.78 is 5.89. The van der Waals surface area contributed by atoms with Crippen molar-refractivity contribution in [1.29, 1.82) is 0 Å². The van der Waals surface area contributed by atoms with Gasteiger partial charge in [-0.05, 0) is 53.0 Å². The Bertz CT molecular complexity index is 811. The second kappa shape index (κ2) is 6.33. The van der Waals surface area contributed by atoms with Crippen molar-refractivity contribution >= 4 is 11.1 Å². The number of fused-ring (bicyclic) bond motifs is 1. The van der Waals surface area contributed by atoms with Crippen LogP contribution in [0.3, 0.4) is 0 Å². The first-order valence-corrected chi connectivity index (χ1v) is 9.09. The van der Waals surface area contributed by atoms with Crippen molar-refractivity contribution in [3.8, 4) is 11.5 Å². The van der Waals surface area contributed by atoms with Crippen molar-refractivity contribution in [3.05, 3.63) is 54.1 Å². The highest BCUT2D eigenvalue weighted by molar-refractivity contribution is 5.75. The molecule has 0 bridgehead atoms. The fourth-order valence-electron chi connectivity index (χ4n) is 3.39. The standard InChI is InChI=1S/C23H29NO/c1-22(2,3)15-18(23(4,5)6)16-11-13-17(14-12-16)21-24-19-9-7-8-10-20(19)25-21/h7-14,18H,15H2,1-6H3. The Hall–Kier alpha value is -2.09. The predicted molar refractivity (Wildman–Crippen MR) is 106 cm³/mol. The minimum Gasteiger partial charge on any atom is -0.436 e. The van der Waals surface area contributed by atoms with Gasteiger partial charge < -0.3 is 4.42 Å². The molecule has 0 aliphatic heterocycles. The summed E-state index contributed by atoms with van der Waals surface area (Å²) in [6.45, 7) is 13.9. The molecule has 0 saturated heterocycles. The van der Waals surface area contributed by atoms with Crippen molar-refractivity contribution in [2.45, 2.75) is 53.9 Å². The largest absolute Gasteiger partial charge is 0.436 e. The van der Waals surface area contributed by atoms with Crippen LogP contribution in [0.15, 0.2) is 52.9 Å². The summed E-state index contributed by atoms with van der Waals surface area (Å²) in [6.07, 6.45) is 1.17. The Balaban J connectivity index is 1.92. The van der Waals surface area contributed by atoms with Crippen LogP contribution in [0.5, 0.6) is 0 Å². The Labute approximate surface area is 151 Å². The van der Waals surface area contributed by atoms with E-state index in [4.69, 9.17) is 4.42 Å². The van der Waals surface area contributed by atoms with Gasteiger partial charge in [0.05, 0.1) is 0 Å². The van der Waals surface area contributed by atoms with Crippen LogP contribution in [0.2, 0.25) is 0 Å². The lowest BCUT2D eigenvalue weighted by Gasteiger charge is -2.36. The second-order valence-electron chi connectivity index (χ2n) is 9.29. The van der Waals surface area contributed by atoms with Gasteiger partial charge in [-0.1, -0.05) is 65.8 Å². The molecule has 1 unspecified atom stereocenters. The smallest absolute Gasteiger partial charge is 0.227 e. The highest BCUT2D eigenvalue weighted by Gasteiger charge is 2.30. The van der Waals surface area contributed by atoms with Crippen LogP contribution >= 0.6 is 0 Å². The summed E-state index contributed by atoms with van der Waals surface area (Å²) in [5, 5.41) is 0. The van der Waals surface area contributed by atoms with Crippen LogP contribution in [-0.4, -0.2) is 4.98 Å². The van der Waals surface area contributed by atoms with Crippen LogP contribution in [0.25, 0.3) is 22.6 Å². The molecule has 1 heterocycles. The van der Waals surface area contributed by atoms with Crippen molar-refractivity contribution in [2.75, 3.05) is 0 Å². The van der Waals surface area contributed by atoms with E-state index in [9.17, 15) is 0 Å². The fourth-order valence-corrected chi connectivity index (χ4v) is 3.39. The van der Waals surface area contributed by atoms with Gasteiger partial charge in [0.2, 0.25) is 5.89 Å². The average molecular weight is 335 g/mol. The van der Waals surface area contributed by atoms with Gasteiger partial charge in [0.25, 0.3) is 0 Å². The first kappa shape index (κ1) is 17.7. The lowest BCUT2D eigenvalue weighted by Crippen LogP contribution is -2.23. The van der Waals surface area contributed by atoms with Gasteiger partial charge in [-0.3, -0.25) is 0 Å². The van der Waals surface area contributed by atoms with Crippen molar-refractivity contribution in [3.63, 3.8) is 0 Å².